The Kier molecular flexibility index (Phi) is 3.65. The van der Waals surface area contributed by atoms with Gasteiger partial charge in [-0.15, -0.1) is 0 Å². The van der Waals surface area contributed by atoms with E-state index in [1.807, 2.05) is 37.4 Å². The van der Waals surface area contributed by atoms with Gasteiger partial charge in [0.25, 0.3) is 0 Å². The van der Waals surface area contributed by atoms with Gasteiger partial charge >= 0.3 is 0 Å². The molecule has 0 aliphatic rings. The van der Waals surface area contributed by atoms with Crippen molar-refractivity contribution in [3.05, 3.63) is 47.5 Å². The number of nitrogens with zero attached hydrogens (tertiary/aromatic N) is 1. The first-order chi connectivity index (χ1) is 9.02. The first-order valence-electron chi connectivity index (χ1n) is 6.27. The van der Waals surface area contributed by atoms with Crippen molar-refractivity contribution >= 4 is 17.1 Å². The summed E-state index contributed by atoms with van der Waals surface area (Å²) in [7, 11) is 3.68. The molecular weight excluding hydrogens is 236 g/mol. The molecule has 0 fully saturated rings. The topological polar surface area (TPSA) is 38.5 Å². The number of methoxy groups -OCH3 is 1. The highest BCUT2D eigenvalue weighted by molar-refractivity contribution is 5.76. The summed E-state index contributed by atoms with van der Waals surface area (Å²) in [5.41, 5.74) is 11.5. The molecule has 0 radical (unpaired) electrons. The van der Waals surface area contributed by atoms with E-state index in [0.29, 0.717) is 0 Å². The average molecular weight is 256 g/mol. The lowest BCUT2D eigenvalue weighted by atomic mass is 10.1. The molecule has 0 unspecified atom stereocenters. The van der Waals surface area contributed by atoms with Crippen LogP contribution in [0.25, 0.3) is 0 Å². The minimum absolute atomic E-state index is 0.793. The number of aryl methyl sites for hydroxylation is 2. The number of ether oxygens (including phenoxy) is 1. The van der Waals surface area contributed by atoms with E-state index in [1.54, 1.807) is 7.11 Å². The monoisotopic (exact) mass is 256 g/mol. The van der Waals surface area contributed by atoms with Gasteiger partial charge in [0.15, 0.2) is 0 Å². The summed E-state index contributed by atoms with van der Waals surface area (Å²) >= 11 is 0. The van der Waals surface area contributed by atoms with Crippen LogP contribution in [-0.4, -0.2) is 14.2 Å². The average Bonchev–Trinajstić information content (AvgIpc) is 2.42. The lowest BCUT2D eigenvalue weighted by molar-refractivity contribution is 0.415. The van der Waals surface area contributed by atoms with Gasteiger partial charge in [0.1, 0.15) is 5.75 Å². The van der Waals surface area contributed by atoms with Crippen molar-refractivity contribution in [2.45, 2.75) is 13.8 Å². The van der Waals surface area contributed by atoms with Crippen molar-refractivity contribution in [3.8, 4) is 5.75 Å². The Morgan fingerprint density at radius 1 is 1.00 bits per heavy atom. The molecule has 2 aromatic carbocycles. The summed E-state index contributed by atoms with van der Waals surface area (Å²) < 4.78 is 5.17. The minimum atomic E-state index is 0.793. The maximum atomic E-state index is 6.12. The number of rotatable bonds is 3. The third kappa shape index (κ3) is 2.65. The number of hydrogen-bond donors (Lipinski definition) is 1. The second kappa shape index (κ2) is 5.22. The van der Waals surface area contributed by atoms with Crippen LogP contribution >= 0.6 is 0 Å². The molecule has 0 bridgehead atoms. The van der Waals surface area contributed by atoms with Crippen LogP contribution in [0.3, 0.4) is 0 Å². The summed E-state index contributed by atoms with van der Waals surface area (Å²) in [6.45, 7) is 4.17. The number of nitrogens with two attached hydrogens (primary N) is 1. The Balaban J connectivity index is 2.37. The molecule has 100 valence electrons. The van der Waals surface area contributed by atoms with Crippen molar-refractivity contribution < 1.29 is 4.74 Å². The minimum Gasteiger partial charge on any atom is -0.497 e. The van der Waals surface area contributed by atoms with E-state index in [2.05, 4.69) is 24.8 Å². The van der Waals surface area contributed by atoms with Gasteiger partial charge in [0.2, 0.25) is 0 Å². The number of hydrogen-bond acceptors (Lipinski definition) is 3. The molecule has 0 aliphatic carbocycles. The Hall–Kier alpha value is -2.16. The van der Waals surface area contributed by atoms with Gasteiger partial charge in [0.05, 0.1) is 18.5 Å². The molecule has 2 N–H and O–H groups in total. The molecule has 0 aromatic heterocycles. The van der Waals surface area contributed by atoms with Gasteiger partial charge in [-0.25, -0.2) is 0 Å². The molecule has 0 aliphatic heterocycles. The van der Waals surface area contributed by atoms with Crippen LogP contribution in [0.1, 0.15) is 11.1 Å². The van der Waals surface area contributed by atoms with E-state index in [-0.39, 0.29) is 0 Å². The Bertz CT molecular complexity index is 576. The smallest absolute Gasteiger partial charge is 0.119 e. The largest absolute Gasteiger partial charge is 0.497 e. The third-order valence-corrected chi connectivity index (χ3v) is 3.46. The zero-order valence-corrected chi connectivity index (χ0v) is 11.9. The standard InChI is InChI=1S/C16H20N2O/c1-11-9-15(17)16(10-12(11)2)18(3)13-5-7-14(19-4)8-6-13/h5-10H,17H2,1-4H3. The number of nitrogen functional groups attached to an aromatic ring is 1. The Morgan fingerprint density at radius 2 is 1.58 bits per heavy atom. The second-order valence-electron chi connectivity index (χ2n) is 4.75. The molecule has 3 heteroatoms. The number of benzene rings is 2. The van der Waals surface area contributed by atoms with Crippen LogP contribution in [0.15, 0.2) is 36.4 Å². The van der Waals surface area contributed by atoms with Gasteiger partial charge < -0.3 is 15.4 Å². The van der Waals surface area contributed by atoms with E-state index in [1.165, 1.54) is 11.1 Å². The molecule has 0 spiro atoms. The second-order valence-corrected chi connectivity index (χ2v) is 4.75. The third-order valence-electron chi connectivity index (χ3n) is 3.46. The first-order valence-corrected chi connectivity index (χ1v) is 6.27. The summed E-state index contributed by atoms with van der Waals surface area (Å²) in [6.07, 6.45) is 0. The summed E-state index contributed by atoms with van der Waals surface area (Å²) in [4.78, 5) is 2.08. The molecular formula is C16H20N2O. The lowest BCUT2D eigenvalue weighted by Gasteiger charge is -2.22. The van der Waals surface area contributed by atoms with Gasteiger partial charge in [-0.3, -0.25) is 0 Å². The summed E-state index contributed by atoms with van der Waals surface area (Å²) in [6, 6.07) is 12.1. The molecule has 0 saturated carbocycles. The molecule has 19 heavy (non-hydrogen) atoms. The predicted octanol–water partition coefficient (Wildman–Crippen LogP) is 3.66. The fourth-order valence-corrected chi connectivity index (χ4v) is 2.06. The van der Waals surface area contributed by atoms with Crippen molar-refractivity contribution in [2.75, 3.05) is 24.8 Å². The highest BCUT2D eigenvalue weighted by Gasteiger charge is 2.09. The van der Waals surface area contributed by atoms with Crippen molar-refractivity contribution in [2.24, 2.45) is 0 Å². The maximum Gasteiger partial charge on any atom is 0.119 e. The van der Waals surface area contributed by atoms with Crippen LogP contribution in [0.4, 0.5) is 17.1 Å². The van der Waals surface area contributed by atoms with Crippen LogP contribution in [-0.2, 0) is 0 Å². The predicted molar refractivity (Wildman–Crippen MR) is 81.4 cm³/mol. The van der Waals surface area contributed by atoms with Crippen LogP contribution in [0, 0.1) is 13.8 Å². The zero-order chi connectivity index (χ0) is 14.0. The van der Waals surface area contributed by atoms with Crippen LogP contribution < -0.4 is 15.4 Å². The van der Waals surface area contributed by atoms with Crippen molar-refractivity contribution in [1.82, 2.24) is 0 Å². The van der Waals surface area contributed by atoms with Crippen molar-refractivity contribution in [3.63, 3.8) is 0 Å². The summed E-state index contributed by atoms with van der Waals surface area (Å²) in [5.74, 6) is 0.852. The van der Waals surface area contributed by atoms with Crippen LogP contribution in [0.2, 0.25) is 0 Å². The van der Waals surface area contributed by atoms with Gasteiger partial charge in [0, 0.05) is 12.7 Å². The lowest BCUT2D eigenvalue weighted by Crippen LogP contribution is -2.12. The van der Waals surface area contributed by atoms with E-state index in [0.717, 1.165) is 22.8 Å². The van der Waals surface area contributed by atoms with Gasteiger partial charge in [-0.2, -0.15) is 0 Å². The molecule has 0 amide bonds. The fraction of sp³-hybridized carbons (Fsp3) is 0.250. The normalized spacial score (nSPS) is 10.3. The Labute approximate surface area is 114 Å². The number of anilines is 3. The molecule has 3 nitrogen and oxygen atoms in total. The molecule has 2 rings (SSSR count). The van der Waals surface area contributed by atoms with Gasteiger partial charge in [-0.05, 0) is 61.4 Å². The summed E-state index contributed by atoms with van der Waals surface area (Å²) in [5, 5.41) is 0. The quantitative estimate of drug-likeness (QED) is 0.852. The SMILES string of the molecule is COc1ccc(N(C)c2cc(C)c(C)cc2N)cc1. The Morgan fingerprint density at radius 3 is 2.16 bits per heavy atom. The maximum absolute atomic E-state index is 6.12. The highest BCUT2D eigenvalue weighted by atomic mass is 16.5. The molecule has 0 atom stereocenters. The first kappa shape index (κ1) is 13.3. The highest BCUT2D eigenvalue weighted by Crippen LogP contribution is 2.32. The fourth-order valence-electron chi connectivity index (χ4n) is 2.06. The van der Waals surface area contributed by atoms with E-state index < -0.39 is 0 Å². The van der Waals surface area contributed by atoms with E-state index in [9.17, 15) is 0 Å². The molecule has 0 heterocycles. The zero-order valence-electron chi connectivity index (χ0n) is 11.9. The molecule has 0 saturated heterocycles. The van der Waals surface area contributed by atoms with Crippen LogP contribution in [0.5, 0.6) is 5.75 Å². The van der Waals surface area contributed by atoms with Crippen molar-refractivity contribution in [1.29, 1.82) is 0 Å². The van der Waals surface area contributed by atoms with E-state index >= 15 is 0 Å². The van der Waals surface area contributed by atoms with E-state index in [4.69, 9.17) is 10.5 Å². The van der Waals surface area contributed by atoms with Gasteiger partial charge in [-0.1, -0.05) is 0 Å². The molecule has 2 aromatic rings.